The molecule has 2 rings (SSSR count). The first-order valence-electron chi connectivity index (χ1n) is 6.01. The fourth-order valence-electron chi connectivity index (χ4n) is 1.53. The Balaban J connectivity index is 2.01. The van der Waals surface area contributed by atoms with Crippen LogP contribution in [0.1, 0.15) is 28.9 Å². The smallest absolute Gasteiger partial charge is 0.267 e. The van der Waals surface area contributed by atoms with Gasteiger partial charge in [-0.1, -0.05) is 11.3 Å². The number of amides is 1. The van der Waals surface area contributed by atoms with Gasteiger partial charge in [0, 0.05) is 26.2 Å². The van der Waals surface area contributed by atoms with Crippen LogP contribution in [0.25, 0.3) is 0 Å². The number of aliphatic hydroxyl groups excluding tert-OH is 1. The number of carbonyl (C=O) groups excluding carboxylic acids is 1. The molecule has 0 bridgehead atoms. The molecule has 1 heterocycles. The third kappa shape index (κ3) is 3.11. The van der Waals surface area contributed by atoms with Gasteiger partial charge < -0.3 is 21.1 Å². The van der Waals surface area contributed by atoms with Crippen LogP contribution >= 0.6 is 11.3 Å². The molecule has 18 heavy (non-hydrogen) atoms. The van der Waals surface area contributed by atoms with Gasteiger partial charge in [-0.2, -0.15) is 0 Å². The lowest BCUT2D eigenvalue weighted by atomic mass is 10.3. The summed E-state index contributed by atoms with van der Waals surface area (Å²) in [4.78, 5) is 18.3. The predicted molar refractivity (Wildman–Crippen MR) is 71.8 cm³/mol. The second-order valence-corrected chi connectivity index (χ2v) is 5.45. The Labute approximate surface area is 110 Å². The summed E-state index contributed by atoms with van der Waals surface area (Å²) in [5, 5.41) is 12.7. The summed E-state index contributed by atoms with van der Waals surface area (Å²) in [6.07, 6.45) is 2.87. The zero-order valence-corrected chi connectivity index (χ0v) is 11.2. The lowest BCUT2D eigenvalue weighted by molar-refractivity contribution is 0.0792. The van der Waals surface area contributed by atoms with Gasteiger partial charge in [-0.15, -0.1) is 0 Å². The van der Waals surface area contributed by atoms with Crippen molar-refractivity contribution < 1.29 is 9.90 Å². The number of thiazole rings is 1. The minimum absolute atomic E-state index is 0.0737. The van der Waals surface area contributed by atoms with Gasteiger partial charge >= 0.3 is 0 Å². The molecule has 6 nitrogen and oxygen atoms in total. The minimum atomic E-state index is -0.137. The van der Waals surface area contributed by atoms with Crippen molar-refractivity contribution in [3.8, 4) is 0 Å². The van der Waals surface area contributed by atoms with E-state index in [9.17, 15) is 4.79 Å². The number of nitrogen functional groups attached to an aromatic ring is 1. The highest BCUT2D eigenvalue weighted by Gasteiger charge is 2.25. The van der Waals surface area contributed by atoms with Crippen molar-refractivity contribution in [3.05, 3.63) is 4.88 Å². The molecule has 1 amide bonds. The molecule has 1 fully saturated rings. The monoisotopic (exact) mass is 270 g/mol. The summed E-state index contributed by atoms with van der Waals surface area (Å²) >= 11 is 1.30. The number of aromatic nitrogens is 1. The van der Waals surface area contributed by atoms with Gasteiger partial charge in [-0.25, -0.2) is 4.98 Å². The number of aliphatic hydroxyl groups is 1. The molecule has 0 atom stereocenters. The lowest BCUT2D eigenvalue weighted by Gasteiger charge is -2.15. The Hall–Kier alpha value is -1.34. The number of anilines is 2. The number of nitrogens with two attached hydrogens (primary N) is 1. The summed E-state index contributed by atoms with van der Waals surface area (Å²) in [7, 11) is 1.70. The van der Waals surface area contributed by atoms with Crippen LogP contribution in [0.4, 0.5) is 10.9 Å². The average molecular weight is 270 g/mol. The Kier molecular flexibility index (Phi) is 4.03. The molecule has 0 saturated heterocycles. The van der Waals surface area contributed by atoms with E-state index >= 15 is 0 Å². The number of carbonyl (C=O) groups is 1. The molecule has 0 aromatic carbocycles. The van der Waals surface area contributed by atoms with Crippen molar-refractivity contribution in [2.75, 3.05) is 31.2 Å². The Morgan fingerprint density at radius 2 is 2.39 bits per heavy atom. The highest BCUT2D eigenvalue weighted by Crippen LogP contribution is 2.31. The Morgan fingerprint density at radius 3 is 3.00 bits per heavy atom. The molecule has 1 aromatic heterocycles. The van der Waals surface area contributed by atoms with Crippen molar-refractivity contribution in [3.63, 3.8) is 0 Å². The Bertz CT molecular complexity index is 431. The molecule has 0 unspecified atom stereocenters. The van der Waals surface area contributed by atoms with Crippen molar-refractivity contribution in [1.82, 2.24) is 9.88 Å². The van der Waals surface area contributed by atoms with Gasteiger partial charge in [0.05, 0.1) is 0 Å². The first-order chi connectivity index (χ1) is 8.61. The van der Waals surface area contributed by atoms with Crippen LogP contribution in [0.5, 0.6) is 0 Å². The fourth-order valence-corrected chi connectivity index (χ4v) is 2.49. The largest absolute Gasteiger partial charge is 0.396 e. The summed E-state index contributed by atoms with van der Waals surface area (Å²) < 4.78 is 0. The molecule has 0 spiro atoms. The van der Waals surface area contributed by atoms with Crippen molar-refractivity contribution >= 4 is 28.2 Å². The molecule has 0 radical (unpaired) electrons. The normalized spacial score (nSPS) is 14.6. The van der Waals surface area contributed by atoms with E-state index in [2.05, 4.69) is 10.3 Å². The van der Waals surface area contributed by atoms with E-state index in [1.807, 2.05) is 0 Å². The molecule has 1 aliphatic carbocycles. The SMILES string of the molecule is CN(CCCO)C(=O)c1sc(NC2CC2)nc1N. The van der Waals surface area contributed by atoms with Crippen LogP contribution in [0.15, 0.2) is 0 Å². The summed E-state index contributed by atoms with van der Waals surface area (Å²) in [6.45, 7) is 0.586. The maximum atomic E-state index is 12.1. The van der Waals surface area contributed by atoms with Crippen molar-refractivity contribution in [2.45, 2.75) is 25.3 Å². The lowest BCUT2D eigenvalue weighted by Crippen LogP contribution is -2.28. The molecule has 100 valence electrons. The molecule has 0 aliphatic heterocycles. The molecular formula is C11H18N4O2S. The first-order valence-corrected chi connectivity index (χ1v) is 6.82. The van der Waals surface area contributed by atoms with Crippen molar-refractivity contribution in [2.24, 2.45) is 0 Å². The third-order valence-corrected chi connectivity index (χ3v) is 3.74. The number of rotatable bonds is 6. The first kappa shape index (κ1) is 13.1. The fraction of sp³-hybridized carbons (Fsp3) is 0.636. The standard InChI is InChI=1S/C11H18N4O2S/c1-15(5-2-6-16)10(17)8-9(12)14-11(18-8)13-7-3-4-7/h7,16H,2-6,12H2,1H3,(H,13,14). The van der Waals surface area contributed by atoms with Crippen LogP contribution in [0.3, 0.4) is 0 Å². The van der Waals surface area contributed by atoms with E-state index in [4.69, 9.17) is 10.8 Å². The summed E-state index contributed by atoms with van der Waals surface area (Å²) in [5.41, 5.74) is 5.77. The van der Waals surface area contributed by atoms with E-state index < -0.39 is 0 Å². The quantitative estimate of drug-likeness (QED) is 0.709. The molecule has 4 N–H and O–H groups in total. The third-order valence-electron chi connectivity index (χ3n) is 2.75. The molecule has 7 heteroatoms. The van der Waals surface area contributed by atoms with E-state index in [0.29, 0.717) is 29.0 Å². The van der Waals surface area contributed by atoms with Gasteiger partial charge in [0.25, 0.3) is 5.91 Å². The number of nitrogens with zero attached hydrogens (tertiary/aromatic N) is 2. The molecule has 1 saturated carbocycles. The van der Waals surface area contributed by atoms with Gasteiger partial charge in [-0.3, -0.25) is 4.79 Å². The van der Waals surface area contributed by atoms with Crippen LogP contribution in [-0.4, -0.2) is 47.1 Å². The average Bonchev–Trinajstić information content (AvgIpc) is 3.08. The zero-order chi connectivity index (χ0) is 13.1. The summed E-state index contributed by atoms with van der Waals surface area (Å²) in [5.74, 6) is 0.145. The highest BCUT2D eigenvalue weighted by atomic mass is 32.1. The van der Waals surface area contributed by atoms with Crippen LogP contribution in [-0.2, 0) is 0 Å². The number of hydrogen-bond acceptors (Lipinski definition) is 6. The van der Waals surface area contributed by atoms with Gasteiger partial charge in [0.2, 0.25) is 0 Å². The maximum Gasteiger partial charge on any atom is 0.267 e. The molecule has 1 aliphatic rings. The second kappa shape index (κ2) is 5.53. The van der Waals surface area contributed by atoms with E-state index in [1.165, 1.54) is 11.3 Å². The molecular weight excluding hydrogens is 252 g/mol. The highest BCUT2D eigenvalue weighted by molar-refractivity contribution is 7.18. The van der Waals surface area contributed by atoms with E-state index in [-0.39, 0.29) is 18.3 Å². The number of nitrogens with one attached hydrogen (secondary N) is 1. The number of hydrogen-bond donors (Lipinski definition) is 3. The second-order valence-electron chi connectivity index (χ2n) is 4.46. The van der Waals surface area contributed by atoms with E-state index in [0.717, 1.165) is 12.8 Å². The van der Waals surface area contributed by atoms with Crippen LogP contribution in [0.2, 0.25) is 0 Å². The Morgan fingerprint density at radius 1 is 1.67 bits per heavy atom. The van der Waals surface area contributed by atoms with Crippen LogP contribution in [0, 0.1) is 0 Å². The predicted octanol–water partition coefficient (Wildman–Crippen LogP) is 0.754. The van der Waals surface area contributed by atoms with Crippen molar-refractivity contribution in [1.29, 1.82) is 0 Å². The summed E-state index contributed by atoms with van der Waals surface area (Å²) in [6, 6.07) is 0.491. The van der Waals surface area contributed by atoms with Gasteiger partial charge in [0.1, 0.15) is 10.7 Å². The van der Waals surface area contributed by atoms with Gasteiger partial charge in [-0.05, 0) is 19.3 Å². The topological polar surface area (TPSA) is 91.5 Å². The molecule has 1 aromatic rings. The zero-order valence-electron chi connectivity index (χ0n) is 10.3. The maximum absolute atomic E-state index is 12.1. The van der Waals surface area contributed by atoms with Gasteiger partial charge in [0.15, 0.2) is 5.13 Å². The van der Waals surface area contributed by atoms with Crippen LogP contribution < -0.4 is 11.1 Å². The van der Waals surface area contributed by atoms with E-state index in [1.54, 1.807) is 11.9 Å². The minimum Gasteiger partial charge on any atom is -0.396 e.